The zero-order chi connectivity index (χ0) is 15.2. The van der Waals surface area contributed by atoms with Crippen molar-refractivity contribution in [2.75, 3.05) is 46.8 Å². The first-order valence-electron chi connectivity index (χ1n) is 7.65. The number of hydrogen-bond acceptors (Lipinski definition) is 2. The molecule has 0 fully saturated rings. The molecule has 0 aromatic carbocycles. The quantitative estimate of drug-likeness (QED) is 0.457. The summed E-state index contributed by atoms with van der Waals surface area (Å²) in [5, 5.41) is 9.77. The van der Waals surface area contributed by atoms with Crippen LogP contribution < -0.4 is 16.0 Å². The van der Waals surface area contributed by atoms with Gasteiger partial charge in [0.2, 0.25) is 0 Å². The van der Waals surface area contributed by atoms with Crippen LogP contribution in [0.25, 0.3) is 0 Å². The lowest BCUT2D eigenvalue weighted by atomic mass is 10.4. The molecule has 0 amide bonds. The Morgan fingerprint density at radius 1 is 1.00 bits per heavy atom. The SMILES string of the molecule is CCCN/C(=N/C)NCCN(CCC)/C(=N\CC)NC. The molecule has 0 saturated heterocycles. The summed E-state index contributed by atoms with van der Waals surface area (Å²) in [6.07, 6.45) is 2.20. The predicted octanol–water partition coefficient (Wildman–Crippen LogP) is 0.869. The van der Waals surface area contributed by atoms with Crippen molar-refractivity contribution in [2.24, 2.45) is 9.98 Å². The third-order valence-corrected chi connectivity index (χ3v) is 2.76. The highest BCUT2D eigenvalue weighted by atomic mass is 15.3. The zero-order valence-electron chi connectivity index (χ0n) is 13.8. The number of rotatable bonds is 8. The molecule has 0 aromatic heterocycles. The van der Waals surface area contributed by atoms with Crippen LogP contribution in [0.2, 0.25) is 0 Å². The van der Waals surface area contributed by atoms with Crippen LogP contribution in [0.4, 0.5) is 0 Å². The maximum Gasteiger partial charge on any atom is 0.193 e. The number of nitrogens with one attached hydrogen (secondary N) is 3. The Hall–Kier alpha value is -1.46. The van der Waals surface area contributed by atoms with Crippen molar-refractivity contribution in [3.05, 3.63) is 0 Å². The molecule has 0 saturated carbocycles. The van der Waals surface area contributed by atoms with E-state index < -0.39 is 0 Å². The van der Waals surface area contributed by atoms with Crippen molar-refractivity contribution in [2.45, 2.75) is 33.6 Å². The van der Waals surface area contributed by atoms with Gasteiger partial charge in [-0.15, -0.1) is 0 Å². The molecule has 0 unspecified atom stereocenters. The maximum absolute atomic E-state index is 4.49. The molecule has 20 heavy (non-hydrogen) atoms. The van der Waals surface area contributed by atoms with Gasteiger partial charge in [-0.25, -0.2) is 0 Å². The number of aliphatic imine (C=N–C) groups is 2. The van der Waals surface area contributed by atoms with Gasteiger partial charge in [-0.05, 0) is 19.8 Å². The van der Waals surface area contributed by atoms with E-state index in [9.17, 15) is 0 Å². The van der Waals surface area contributed by atoms with Gasteiger partial charge in [-0.3, -0.25) is 9.98 Å². The minimum Gasteiger partial charge on any atom is -0.359 e. The lowest BCUT2D eigenvalue weighted by molar-refractivity contribution is 0.406. The zero-order valence-corrected chi connectivity index (χ0v) is 13.8. The fourth-order valence-corrected chi connectivity index (χ4v) is 1.85. The van der Waals surface area contributed by atoms with Crippen molar-refractivity contribution in [1.82, 2.24) is 20.9 Å². The van der Waals surface area contributed by atoms with Crippen LogP contribution in [0.15, 0.2) is 9.98 Å². The van der Waals surface area contributed by atoms with Crippen molar-refractivity contribution in [3.8, 4) is 0 Å². The molecule has 0 bridgehead atoms. The van der Waals surface area contributed by atoms with Gasteiger partial charge in [0, 0.05) is 46.8 Å². The van der Waals surface area contributed by atoms with E-state index in [0.29, 0.717) is 0 Å². The molecule has 6 heteroatoms. The fraction of sp³-hybridized carbons (Fsp3) is 0.857. The van der Waals surface area contributed by atoms with Gasteiger partial charge in [0.1, 0.15) is 0 Å². The van der Waals surface area contributed by atoms with Crippen molar-refractivity contribution >= 4 is 11.9 Å². The molecule has 0 aliphatic rings. The highest BCUT2D eigenvalue weighted by Gasteiger charge is 2.08. The summed E-state index contributed by atoms with van der Waals surface area (Å²) in [6, 6.07) is 0. The number of hydrogen-bond donors (Lipinski definition) is 3. The summed E-state index contributed by atoms with van der Waals surface area (Å²) in [4.78, 5) is 11.0. The Labute approximate surface area is 124 Å². The minimum atomic E-state index is 0.795. The van der Waals surface area contributed by atoms with E-state index in [1.165, 1.54) is 0 Å². The highest BCUT2D eigenvalue weighted by Crippen LogP contribution is 1.93. The average Bonchev–Trinajstić information content (AvgIpc) is 2.47. The standard InChI is InChI=1S/C14H32N6/c1-6-9-18-13(15-4)19-10-12-20(11-7-2)14(16-5)17-8-3/h6-12H2,1-5H3,(H,16,17)(H2,15,18,19). The van der Waals surface area contributed by atoms with Crippen molar-refractivity contribution in [1.29, 1.82) is 0 Å². The molecule has 118 valence electrons. The largest absolute Gasteiger partial charge is 0.359 e. The van der Waals surface area contributed by atoms with Gasteiger partial charge >= 0.3 is 0 Å². The highest BCUT2D eigenvalue weighted by molar-refractivity contribution is 5.80. The molecule has 3 N–H and O–H groups in total. The lowest BCUT2D eigenvalue weighted by Crippen LogP contribution is -2.46. The maximum atomic E-state index is 4.49. The molecular formula is C14H32N6. The molecule has 0 aliphatic heterocycles. The van der Waals surface area contributed by atoms with E-state index in [-0.39, 0.29) is 0 Å². The van der Waals surface area contributed by atoms with Gasteiger partial charge in [0.25, 0.3) is 0 Å². The van der Waals surface area contributed by atoms with E-state index in [1.54, 1.807) is 7.05 Å². The second-order valence-corrected chi connectivity index (χ2v) is 4.46. The van der Waals surface area contributed by atoms with Gasteiger partial charge in [0.05, 0.1) is 0 Å². The molecule has 0 spiro atoms. The first-order valence-corrected chi connectivity index (χ1v) is 7.65. The Balaban J connectivity index is 4.29. The monoisotopic (exact) mass is 284 g/mol. The first-order chi connectivity index (χ1) is 9.73. The van der Waals surface area contributed by atoms with E-state index >= 15 is 0 Å². The summed E-state index contributed by atoms with van der Waals surface area (Å²) in [6.45, 7) is 10.9. The fourth-order valence-electron chi connectivity index (χ4n) is 1.85. The Morgan fingerprint density at radius 3 is 2.20 bits per heavy atom. The second-order valence-electron chi connectivity index (χ2n) is 4.46. The Kier molecular flexibility index (Phi) is 11.7. The van der Waals surface area contributed by atoms with Crippen LogP contribution >= 0.6 is 0 Å². The molecule has 0 rings (SSSR count). The summed E-state index contributed by atoms with van der Waals surface area (Å²) in [5.41, 5.74) is 0. The summed E-state index contributed by atoms with van der Waals surface area (Å²) < 4.78 is 0. The van der Waals surface area contributed by atoms with Crippen LogP contribution in [0.5, 0.6) is 0 Å². The van der Waals surface area contributed by atoms with E-state index in [2.05, 4.69) is 51.6 Å². The normalized spacial score (nSPS) is 12.2. The second kappa shape index (κ2) is 12.6. The summed E-state index contributed by atoms with van der Waals surface area (Å²) >= 11 is 0. The van der Waals surface area contributed by atoms with E-state index in [4.69, 9.17) is 0 Å². The third-order valence-electron chi connectivity index (χ3n) is 2.76. The Morgan fingerprint density at radius 2 is 1.70 bits per heavy atom. The van der Waals surface area contributed by atoms with E-state index in [0.717, 1.165) is 57.5 Å². The van der Waals surface area contributed by atoms with Crippen LogP contribution in [-0.2, 0) is 0 Å². The molecule has 0 radical (unpaired) electrons. The van der Waals surface area contributed by atoms with Crippen molar-refractivity contribution in [3.63, 3.8) is 0 Å². The van der Waals surface area contributed by atoms with Gasteiger partial charge in [0.15, 0.2) is 11.9 Å². The molecule has 0 heterocycles. The topological polar surface area (TPSA) is 64.0 Å². The number of nitrogens with zero attached hydrogens (tertiary/aromatic N) is 3. The number of guanidine groups is 2. The lowest BCUT2D eigenvalue weighted by Gasteiger charge is -2.26. The van der Waals surface area contributed by atoms with Gasteiger partial charge in [-0.1, -0.05) is 13.8 Å². The summed E-state index contributed by atoms with van der Waals surface area (Å²) in [7, 11) is 3.72. The molecule has 6 nitrogen and oxygen atoms in total. The summed E-state index contributed by atoms with van der Waals surface area (Å²) in [5.74, 6) is 1.83. The van der Waals surface area contributed by atoms with Crippen molar-refractivity contribution < 1.29 is 0 Å². The van der Waals surface area contributed by atoms with Crippen LogP contribution in [0, 0.1) is 0 Å². The van der Waals surface area contributed by atoms with Crippen LogP contribution in [0.1, 0.15) is 33.6 Å². The molecule has 0 aliphatic carbocycles. The Bertz CT molecular complexity index is 287. The average molecular weight is 284 g/mol. The van der Waals surface area contributed by atoms with Crippen LogP contribution in [0.3, 0.4) is 0 Å². The van der Waals surface area contributed by atoms with E-state index in [1.807, 2.05) is 7.05 Å². The predicted molar refractivity (Wildman–Crippen MR) is 88.6 cm³/mol. The molecule has 0 atom stereocenters. The molecular weight excluding hydrogens is 252 g/mol. The van der Waals surface area contributed by atoms with Gasteiger partial charge < -0.3 is 20.9 Å². The smallest absolute Gasteiger partial charge is 0.193 e. The minimum absolute atomic E-state index is 0.795. The third kappa shape index (κ3) is 7.86. The molecule has 0 aromatic rings. The van der Waals surface area contributed by atoms with Crippen LogP contribution in [-0.4, -0.2) is 63.6 Å². The van der Waals surface area contributed by atoms with Gasteiger partial charge in [-0.2, -0.15) is 0 Å². The first kappa shape index (κ1) is 18.5.